The lowest BCUT2D eigenvalue weighted by atomic mass is 10.2. The molecule has 0 saturated heterocycles. The molecule has 0 amide bonds. The number of hydrogen-bond donors (Lipinski definition) is 0. The third-order valence-corrected chi connectivity index (χ3v) is 4.64. The van der Waals surface area contributed by atoms with Gasteiger partial charge in [0, 0.05) is 28.1 Å². The number of ether oxygens (including phenoxy) is 2. The molecule has 0 radical (unpaired) electrons. The summed E-state index contributed by atoms with van der Waals surface area (Å²) in [4.78, 5) is 0. The highest BCUT2D eigenvalue weighted by atomic mass is 32.1. The first-order valence-electron chi connectivity index (χ1n) is 7.65. The van der Waals surface area contributed by atoms with E-state index in [9.17, 15) is 0 Å². The van der Waals surface area contributed by atoms with Gasteiger partial charge in [0.2, 0.25) is 0 Å². The van der Waals surface area contributed by atoms with Crippen molar-refractivity contribution in [2.45, 2.75) is 6.92 Å². The van der Waals surface area contributed by atoms with Crippen molar-refractivity contribution in [3.05, 3.63) is 59.3 Å². The third-order valence-electron chi connectivity index (χ3n) is 3.93. The highest BCUT2D eigenvalue weighted by Gasteiger charge is 2.15. The van der Waals surface area contributed by atoms with Gasteiger partial charge in [-0.3, -0.25) is 0 Å². The highest BCUT2D eigenvalue weighted by Crippen LogP contribution is 2.36. The predicted octanol–water partition coefficient (Wildman–Crippen LogP) is 5.22. The monoisotopic (exact) mass is 323 g/mol. The summed E-state index contributed by atoms with van der Waals surface area (Å²) in [5.74, 6) is 0.856. The minimum atomic E-state index is 0.275. The molecular weight excluding hydrogens is 306 g/mol. The number of rotatable bonds is 5. The molecule has 0 fully saturated rings. The number of hydrogen-bond acceptors (Lipinski definition) is 3. The molecule has 4 aromatic rings. The summed E-state index contributed by atoms with van der Waals surface area (Å²) in [6.45, 7) is 2.89. The molecule has 0 atom stereocenters. The fourth-order valence-electron chi connectivity index (χ4n) is 2.92. The zero-order valence-electron chi connectivity index (χ0n) is 12.9. The van der Waals surface area contributed by atoms with Crippen LogP contribution in [0.3, 0.4) is 0 Å². The summed E-state index contributed by atoms with van der Waals surface area (Å²) in [5.41, 5.74) is 3.44. The predicted molar refractivity (Wildman–Crippen MR) is 95.8 cm³/mol. The molecule has 0 unspecified atom stereocenters. The number of aromatic nitrogens is 1. The molecule has 0 N–H and O–H groups in total. The average molecular weight is 323 g/mol. The smallest absolute Gasteiger partial charge is 0.189 e. The Morgan fingerprint density at radius 1 is 0.913 bits per heavy atom. The molecule has 0 bridgehead atoms. The number of nitrogens with zero attached hydrogens (tertiary/aromatic N) is 1. The second-order valence-corrected chi connectivity index (χ2v) is 5.99. The Balaban J connectivity index is 1.93. The molecule has 0 spiro atoms. The number of fused-ring (bicyclic) bond motifs is 3. The van der Waals surface area contributed by atoms with Crippen molar-refractivity contribution >= 4 is 33.1 Å². The van der Waals surface area contributed by atoms with E-state index in [-0.39, 0.29) is 6.79 Å². The van der Waals surface area contributed by atoms with E-state index in [1.54, 1.807) is 11.3 Å². The van der Waals surface area contributed by atoms with Gasteiger partial charge in [0.1, 0.15) is 0 Å². The minimum absolute atomic E-state index is 0.275. The van der Waals surface area contributed by atoms with E-state index in [0.717, 1.165) is 11.4 Å². The Labute approximate surface area is 138 Å². The van der Waals surface area contributed by atoms with Crippen LogP contribution >= 0.6 is 11.3 Å². The van der Waals surface area contributed by atoms with Crippen molar-refractivity contribution in [3.63, 3.8) is 0 Å². The first kappa shape index (κ1) is 14.3. The van der Waals surface area contributed by atoms with Crippen molar-refractivity contribution in [1.82, 2.24) is 4.57 Å². The minimum Gasteiger partial charge on any atom is -0.464 e. The van der Waals surface area contributed by atoms with E-state index in [1.165, 1.54) is 21.8 Å². The van der Waals surface area contributed by atoms with Crippen molar-refractivity contribution < 1.29 is 9.47 Å². The molecule has 23 heavy (non-hydrogen) atoms. The molecule has 2 heterocycles. The van der Waals surface area contributed by atoms with E-state index in [2.05, 4.69) is 58.5 Å². The molecule has 2 aromatic heterocycles. The van der Waals surface area contributed by atoms with Crippen LogP contribution in [0.4, 0.5) is 0 Å². The van der Waals surface area contributed by atoms with E-state index in [4.69, 9.17) is 9.47 Å². The van der Waals surface area contributed by atoms with Crippen LogP contribution in [0.1, 0.15) is 6.92 Å². The molecule has 116 valence electrons. The van der Waals surface area contributed by atoms with Gasteiger partial charge in [-0.1, -0.05) is 36.4 Å². The molecule has 0 aliphatic carbocycles. The maximum atomic E-state index is 5.81. The fraction of sp³-hybridized carbons (Fsp3) is 0.158. The van der Waals surface area contributed by atoms with Gasteiger partial charge < -0.3 is 14.0 Å². The molecule has 2 aromatic carbocycles. The Hall–Kier alpha value is -2.30. The van der Waals surface area contributed by atoms with Gasteiger partial charge in [-0.15, -0.1) is 11.3 Å². The first-order chi connectivity index (χ1) is 11.4. The Bertz CT molecular complexity index is 901. The van der Waals surface area contributed by atoms with Crippen LogP contribution in [0.15, 0.2) is 59.3 Å². The second-order valence-electron chi connectivity index (χ2n) is 5.25. The molecular formula is C19H17NO2S. The normalized spacial score (nSPS) is 11.3. The molecule has 4 heteroatoms. The van der Waals surface area contributed by atoms with Gasteiger partial charge >= 0.3 is 0 Å². The van der Waals surface area contributed by atoms with Gasteiger partial charge in [0.25, 0.3) is 0 Å². The lowest BCUT2D eigenvalue weighted by Gasteiger charge is -2.10. The summed E-state index contributed by atoms with van der Waals surface area (Å²) >= 11 is 1.64. The number of thiophene rings is 1. The molecule has 0 aliphatic heterocycles. The summed E-state index contributed by atoms with van der Waals surface area (Å²) < 4.78 is 13.4. The maximum absolute atomic E-state index is 5.81. The van der Waals surface area contributed by atoms with Crippen molar-refractivity contribution in [1.29, 1.82) is 0 Å². The number of benzene rings is 2. The summed E-state index contributed by atoms with van der Waals surface area (Å²) in [5, 5.41) is 6.66. The summed E-state index contributed by atoms with van der Waals surface area (Å²) in [7, 11) is 0. The SMILES string of the molecule is CCOCOc1cscc1-n1c2ccccc2c2ccccc21. The Morgan fingerprint density at radius 2 is 1.57 bits per heavy atom. The second kappa shape index (κ2) is 6.07. The van der Waals surface area contributed by atoms with Crippen LogP contribution in [0.25, 0.3) is 27.5 Å². The fourth-order valence-corrected chi connectivity index (χ4v) is 3.65. The van der Waals surface area contributed by atoms with Crippen LogP contribution < -0.4 is 4.74 Å². The van der Waals surface area contributed by atoms with Crippen LogP contribution in [-0.4, -0.2) is 18.0 Å². The molecule has 0 saturated carbocycles. The van der Waals surface area contributed by atoms with Gasteiger partial charge in [0.15, 0.2) is 12.5 Å². The Kier molecular flexibility index (Phi) is 3.77. The quantitative estimate of drug-likeness (QED) is 0.371. The van der Waals surface area contributed by atoms with Gasteiger partial charge in [-0.25, -0.2) is 0 Å². The van der Waals surface area contributed by atoms with E-state index in [0.29, 0.717) is 6.61 Å². The summed E-state index contributed by atoms with van der Waals surface area (Å²) in [6.07, 6.45) is 0. The maximum Gasteiger partial charge on any atom is 0.189 e. The van der Waals surface area contributed by atoms with Gasteiger partial charge in [-0.05, 0) is 19.1 Å². The van der Waals surface area contributed by atoms with Crippen LogP contribution in [0.2, 0.25) is 0 Å². The van der Waals surface area contributed by atoms with Gasteiger partial charge in [0.05, 0.1) is 16.7 Å². The topological polar surface area (TPSA) is 23.4 Å². The average Bonchev–Trinajstić information content (AvgIpc) is 3.17. The zero-order valence-corrected chi connectivity index (χ0v) is 13.7. The number of para-hydroxylation sites is 2. The van der Waals surface area contributed by atoms with E-state index < -0.39 is 0 Å². The standard InChI is InChI=1S/C19H17NO2S/c1-2-21-13-22-19-12-23-11-18(19)20-16-9-5-3-7-14(16)15-8-4-6-10-17(15)20/h3-12H,2,13H2,1H3. The van der Waals surface area contributed by atoms with Crippen LogP contribution in [-0.2, 0) is 4.74 Å². The van der Waals surface area contributed by atoms with Crippen LogP contribution in [0.5, 0.6) is 5.75 Å². The molecule has 4 rings (SSSR count). The van der Waals surface area contributed by atoms with E-state index in [1.807, 2.05) is 12.3 Å². The van der Waals surface area contributed by atoms with Crippen LogP contribution in [0, 0.1) is 0 Å². The third kappa shape index (κ3) is 2.40. The first-order valence-corrected chi connectivity index (χ1v) is 8.59. The van der Waals surface area contributed by atoms with Crippen molar-refractivity contribution in [3.8, 4) is 11.4 Å². The highest BCUT2D eigenvalue weighted by molar-refractivity contribution is 7.08. The van der Waals surface area contributed by atoms with Crippen molar-refractivity contribution in [2.24, 2.45) is 0 Å². The lowest BCUT2D eigenvalue weighted by molar-refractivity contribution is 0.0227. The molecule has 0 aliphatic rings. The largest absolute Gasteiger partial charge is 0.464 e. The van der Waals surface area contributed by atoms with Gasteiger partial charge in [-0.2, -0.15) is 0 Å². The zero-order chi connectivity index (χ0) is 15.6. The Morgan fingerprint density at radius 3 is 2.22 bits per heavy atom. The summed E-state index contributed by atoms with van der Waals surface area (Å²) in [6, 6.07) is 17.0. The van der Waals surface area contributed by atoms with Crippen molar-refractivity contribution in [2.75, 3.05) is 13.4 Å². The molecule has 3 nitrogen and oxygen atoms in total. The lowest BCUT2D eigenvalue weighted by Crippen LogP contribution is -2.03. The van der Waals surface area contributed by atoms with E-state index >= 15 is 0 Å².